The third-order valence-corrected chi connectivity index (χ3v) is 6.61. The lowest BCUT2D eigenvalue weighted by atomic mass is 9.97. The second-order valence-electron chi connectivity index (χ2n) is 9.02. The van der Waals surface area contributed by atoms with E-state index >= 15 is 0 Å². The molecule has 3 aliphatic rings. The topological polar surface area (TPSA) is 68.8 Å². The van der Waals surface area contributed by atoms with E-state index in [2.05, 4.69) is 23.4 Å². The number of allylic oxidation sites excluding steroid dienone is 1. The quantitative estimate of drug-likeness (QED) is 0.613. The van der Waals surface area contributed by atoms with Gasteiger partial charge in [0.1, 0.15) is 0 Å². The van der Waals surface area contributed by atoms with Crippen molar-refractivity contribution in [1.29, 1.82) is 0 Å². The second-order valence-corrected chi connectivity index (χ2v) is 9.02. The molecule has 6 rings (SSSR count). The van der Waals surface area contributed by atoms with Crippen LogP contribution in [0.4, 0.5) is 0 Å². The Morgan fingerprint density at radius 1 is 1.03 bits per heavy atom. The first-order valence-electron chi connectivity index (χ1n) is 11.1. The monoisotopic (exact) mass is 414 g/mol. The Bertz CT molecular complexity index is 1230. The van der Waals surface area contributed by atoms with Crippen LogP contribution in [0.2, 0.25) is 0 Å². The van der Waals surface area contributed by atoms with Crippen LogP contribution in [0, 0.1) is 0 Å². The molecule has 0 saturated heterocycles. The molecule has 4 bridgehead atoms. The highest BCUT2D eigenvalue weighted by atomic mass is 16.2. The van der Waals surface area contributed by atoms with Gasteiger partial charge in [-0.05, 0) is 30.9 Å². The van der Waals surface area contributed by atoms with Gasteiger partial charge in [0.25, 0.3) is 0 Å². The van der Waals surface area contributed by atoms with Crippen LogP contribution in [-0.4, -0.2) is 42.4 Å². The van der Waals surface area contributed by atoms with Crippen LogP contribution in [0.5, 0.6) is 0 Å². The third-order valence-electron chi connectivity index (χ3n) is 6.61. The van der Waals surface area contributed by atoms with E-state index in [-0.39, 0.29) is 5.91 Å². The van der Waals surface area contributed by atoms with Crippen LogP contribution < -0.4 is 0 Å². The van der Waals surface area contributed by atoms with Crippen LogP contribution >= 0.6 is 0 Å². The summed E-state index contributed by atoms with van der Waals surface area (Å²) in [6, 6.07) is 2.25. The maximum absolute atomic E-state index is 12.7. The summed E-state index contributed by atoms with van der Waals surface area (Å²) in [5.74, 6) is 0.700. The molecule has 0 atom stereocenters. The van der Waals surface area contributed by atoms with E-state index in [9.17, 15) is 4.79 Å². The van der Waals surface area contributed by atoms with Gasteiger partial charge in [0.2, 0.25) is 5.91 Å². The standard InChI is InChI=1S/C24H26N6O/c1-28-14-22-19(12-29(2)26-22)16-10-18-17(7-8-21(18)25-11-16)20-13-30(9-3-4-23(28)31)27-24(20)15-5-6-15/h7,10-13,15H,3-6,8-9,14H2,1-2H3. The number of fused-ring (bicyclic) bond motifs is 6. The van der Waals surface area contributed by atoms with Gasteiger partial charge in [-0.15, -0.1) is 0 Å². The smallest absolute Gasteiger partial charge is 0.222 e. The summed E-state index contributed by atoms with van der Waals surface area (Å²) in [7, 11) is 3.79. The van der Waals surface area contributed by atoms with Gasteiger partial charge in [0.05, 0.1) is 23.6 Å². The summed E-state index contributed by atoms with van der Waals surface area (Å²) in [5, 5.41) is 9.60. The van der Waals surface area contributed by atoms with Crippen molar-refractivity contribution in [3.63, 3.8) is 0 Å². The minimum atomic E-state index is 0.136. The number of aryl methyl sites for hydroxylation is 2. The number of carbonyl (C=O) groups is 1. The van der Waals surface area contributed by atoms with Gasteiger partial charge in [-0.2, -0.15) is 10.2 Å². The number of carbonyl (C=O) groups excluding carboxylic acids is 1. The largest absolute Gasteiger partial charge is 0.340 e. The highest BCUT2D eigenvalue weighted by Gasteiger charge is 2.32. The summed E-state index contributed by atoms with van der Waals surface area (Å²) < 4.78 is 3.87. The van der Waals surface area contributed by atoms with Crippen molar-refractivity contribution in [3.8, 4) is 11.1 Å². The van der Waals surface area contributed by atoms with Crippen molar-refractivity contribution in [2.45, 2.75) is 51.1 Å². The molecule has 0 spiro atoms. The fourth-order valence-corrected chi connectivity index (χ4v) is 4.81. The van der Waals surface area contributed by atoms with Crippen molar-refractivity contribution in [2.24, 2.45) is 7.05 Å². The maximum atomic E-state index is 12.7. The number of rotatable bonds is 1. The summed E-state index contributed by atoms with van der Waals surface area (Å²) in [4.78, 5) is 19.3. The Labute approximate surface area is 181 Å². The number of hydrogen-bond donors (Lipinski definition) is 0. The van der Waals surface area contributed by atoms with Gasteiger partial charge in [-0.3, -0.25) is 19.1 Å². The first kappa shape index (κ1) is 18.5. The van der Waals surface area contributed by atoms with Gasteiger partial charge in [0, 0.05) is 80.2 Å². The van der Waals surface area contributed by atoms with Gasteiger partial charge < -0.3 is 4.90 Å². The molecule has 0 radical (unpaired) electrons. The van der Waals surface area contributed by atoms with Crippen LogP contribution in [-0.2, 0) is 31.4 Å². The molecule has 0 unspecified atom stereocenters. The summed E-state index contributed by atoms with van der Waals surface area (Å²) in [6.07, 6.45) is 13.0. The molecule has 1 aliphatic heterocycles. The molecule has 1 saturated carbocycles. The zero-order valence-electron chi connectivity index (χ0n) is 18.0. The average Bonchev–Trinajstić information content (AvgIpc) is 3.21. The van der Waals surface area contributed by atoms with Crippen LogP contribution in [0.1, 0.15) is 59.8 Å². The van der Waals surface area contributed by atoms with Crippen molar-refractivity contribution in [2.75, 3.05) is 7.05 Å². The second kappa shape index (κ2) is 6.90. The predicted molar refractivity (Wildman–Crippen MR) is 117 cm³/mol. The van der Waals surface area contributed by atoms with Crippen LogP contribution in [0.15, 0.2) is 30.7 Å². The number of amides is 1. The molecular weight excluding hydrogens is 388 g/mol. The Morgan fingerprint density at radius 3 is 2.74 bits per heavy atom. The molecule has 0 N–H and O–H groups in total. The number of aromatic nitrogens is 5. The van der Waals surface area contributed by atoms with E-state index in [1.54, 1.807) is 4.90 Å². The predicted octanol–water partition coefficient (Wildman–Crippen LogP) is 3.30. The van der Waals surface area contributed by atoms with Gasteiger partial charge in [-0.25, -0.2) is 0 Å². The van der Waals surface area contributed by atoms with E-state index < -0.39 is 0 Å². The van der Waals surface area contributed by atoms with E-state index in [1.807, 2.05) is 35.9 Å². The molecule has 1 fully saturated rings. The first-order chi connectivity index (χ1) is 15.1. The molecule has 7 heteroatoms. The molecule has 2 aliphatic carbocycles. The van der Waals surface area contributed by atoms with Gasteiger partial charge in [-0.1, -0.05) is 6.08 Å². The first-order valence-corrected chi connectivity index (χ1v) is 11.1. The molecule has 0 aromatic carbocycles. The average molecular weight is 415 g/mol. The molecule has 7 nitrogen and oxygen atoms in total. The highest BCUT2D eigenvalue weighted by Crippen LogP contribution is 2.45. The fraction of sp³-hybridized carbons (Fsp3) is 0.417. The Hall–Kier alpha value is -3.22. The Balaban J connectivity index is 1.51. The lowest BCUT2D eigenvalue weighted by molar-refractivity contribution is -0.130. The number of nitrogens with zero attached hydrogens (tertiary/aromatic N) is 6. The fourth-order valence-electron chi connectivity index (χ4n) is 4.81. The third kappa shape index (κ3) is 3.19. The van der Waals surface area contributed by atoms with Crippen molar-refractivity contribution >= 4 is 11.5 Å². The Kier molecular flexibility index (Phi) is 4.13. The number of pyridine rings is 1. The highest BCUT2D eigenvalue weighted by molar-refractivity contribution is 5.87. The minimum absolute atomic E-state index is 0.136. The molecule has 3 aromatic heterocycles. The lowest BCUT2D eigenvalue weighted by Crippen LogP contribution is -2.26. The summed E-state index contributed by atoms with van der Waals surface area (Å²) in [5.41, 5.74) is 9.02. The molecule has 1 amide bonds. The van der Waals surface area contributed by atoms with Gasteiger partial charge in [0.15, 0.2) is 0 Å². The van der Waals surface area contributed by atoms with E-state index in [1.165, 1.54) is 35.2 Å². The molecular formula is C24H26N6O. The normalized spacial score (nSPS) is 18.5. The maximum Gasteiger partial charge on any atom is 0.222 e. The van der Waals surface area contributed by atoms with E-state index in [0.29, 0.717) is 18.9 Å². The lowest BCUT2D eigenvalue weighted by Gasteiger charge is -2.17. The molecule has 158 valence electrons. The van der Waals surface area contributed by atoms with E-state index in [4.69, 9.17) is 10.1 Å². The van der Waals surface area contributed by atoms with Gasteiger partial charge >= 0.3 is 0 Å². The van der Waals surface area contributed by atoms with Crippen LogP contribution in [0.25, 0.3) is 16.7 Å². The van der Waals surface area contributed by atoms with Crippen molar-refractivity contribution in [1.82, 2.24) is 29.4 Å². The van der Waals surface area contributed by atoms with Crippen molar-refractivity contribution < 1.29 is 4.79 Å². The minimum Gasteiger partial charge on any atom is -0.340 e. The Morgan fingerprint density at radius 2 is 1.90 bits per heavy atom. The molecule has 3 aromatic rings. The van der Waals surface area contributed by atoms with Crippen LogP contribution in [0.3, 0.4) is 0 Å². The zero-order chi connectivity index (χ0) is 21.1. The molecule has 31 heavy (non-hydrogen) atoms. The summed E-state index contributed by atoms with van der Waals surface area (Å²) in [6.45, 7) is 1.25. The summed E-state index contributed by atoms with van der Waals surface area (Å²) >= 11 is 0. The number of hydrogen-bond acceptors (Lipinski definition) is 4. The molecule has 4 heterocycles. The SMILES string of the molecule is CN1Cc2nn(C)cc2-c2cnc3c(c2)C(=CC3)c2cn(nc2C2CC2)CCCC1=O. The zero-order valence-corrected chi connectivity index (χ0v) is 18.0. The van der Waals surface area contributed by atoms with Crippen molar-refractivity contribution in [3.05, 3.63) is 58.9 Å². The van der Waals surface area contributed by atoms with E-state index in [0.717, 1.165) is 41.9 Å².